The summed E-state index contributed by atoms with van der Waals surface area (Å²) in [6, 6.07) is 13.2. The maximum atomic E-state index is 12.9. The number of carbonyl (C=O) groups is 1. The van der Waals surface area contributed by atoms with Crippen LogP contribution >= 0.6 is 12.2 Å². The zero-order chi connectivity index (χ0) is 26.3. The summed E-state index contributed by atoms with van der Waals surface area (Å²) in [5.41, 5.74) is 3.14. The fourth-order valence-electron chi connectivity index (χ4n) is 3.95. The molecular weight excluding hydrogens is 536 g/mol. The minimum Gasteiger partial charge on any atom is -0.863 e. The van der Waals surface area contributed by atoms with Gasteiger partial charge < -0.3 is 15.0 Å². The Kier molecular flexibility index (Phi) is 12.4. The van der Waals surface area contributed by atoms with Gasteiger partial charge in [0.15, 0.2) is 0 Å². The van der Waals surface area contributed by atoms with Crippen molar-refractivity contribution in [2.24, 2.45) is 0 Å². The minimum absolute atomic E-state index is 0. The fourth-order valence-corrected chi connectivity index (χ4v) is 5.37. The number of nitrogens with one attached hydrogen (secondary N) is 2. The van der Waals surface area contributed by atoms with E-state index in [4.69, 9.17) is 12.2 Å². The number of unbranched alkanes of at least 4 members (excludes halogenated alkanes) is 1. The first-order valence-electron chi connectivity index (χ1n) is 11.9. The van der Waals surface area contributed by atoms with E-state index in [1.165, 1.54) is 6.07 Å². The zero-order valence-corrected chi connectivity index (χ0v) is 26.5. The molecule has 1 heterocycles. The number of sulfonamides is 1. The van der Waals surface area contributed by atoms with E-state index in [1.54, 1.807) is 25.1 Å². The van der Waals surface area contributed by atoms with E-state index in [0.717, 1.165) is 30.7 Å². The van der Waals surface area contributed by atoms with Crippen LogP contribution in [0.1, 0.15) is 55.9 Å². The number of aryl methyl sites for hydroxylation is 2. The van der Waals surface area contributed by atoms with Crippen LogP contribution in [0.15, 0.2) is 53.4 Å². The van der Waals surface area contributed by atoms with E-state index in [-0.39, 0.29) is 56.3 Å². The second-order valence-corrected chi connectivity index (χ2v) is 10.5. The smallest absolute Gasteiger partial charge is 0.863 e. The summed E-state index contributed by atoms with van der Waals surface area (Å²) in [4.78, 5) is 16.6. The summed E-state index contributed by atoms with van der Waals surface area (Å²) < 4.78 is 29.8. The van der Waals surface area contributed by atoms with Gasteiger partial charge in [0.25, 0.3) is 10.0 Å². The molecule has 0 saturated carbocycles. The SMILES string of the molecule is CCCCc1nc(C)c(C([O-])=S)n1Cc1ccc(-c2ccccc2S(=O)(=O)NC(=O)NCCC)cc1.[K+]. The van der Waals surface area contributed by atoms with Crippen molar-refractivity contribution in [3.8, 4) is 11.1 Å². The third-order valence-electron chi connectivity index (χ3n) is 5.71. The van der Waals surface area contributed by atoms with Crippen LogP contribution in [0, 0.1) is 6.92 Å². The molecule has 0 unspecified atom stereocenters. The predicted molar refractivity (Wildman–Crippen MR) is 142 cm³/mol. The standard InChI is InChI=1S/C26H32N4O4S2.K/c1-4-6-11-23-28-18(3)24(25(31)35)30(23)17-19-12-14-20(15-13-19)21-9-7-8-10-22(21)36(33,34)29-26(32)27-16-5-2;/h7-10,12-15H,4-6,11,16-17H2,1-3H3,(H,31,35)(H2,27,29,32);/q;+1/p-1. The summed E-state index contributed by atoms with van der Waals surface area (Å²) in [5.74, 6) is 0.829. The van der Waals surface area contributed by atoms with Gasteiger partial charge in [-0.1, -0.05) is 75.0 Å². The zero-order valence-electron chi connectivity index (χ0n) is 21.7. The van der Waals surface area contributed by atoms with Gasteiger partial charge in [-0.25, -0.2) is 22.9 Å². The number of hydrogen-bond donors (Lipinski definition) is 2. The number of nitrogens with zero attached hydrogens (tertiary/aromatic N) is 2. The number of benzene rings is 2. The molecule has 0 aliphatic rings. The topological polar surface area (TPSA) is 116 Å². The third-order valence-corrected chi connectivity index (χ3v) is 7.30. The van der Waals surface area contributed by atoms with Crippen LogP contribution in [-0.2, 0) is 23.0 Å². The predicted octanol–water partition coefficient (Wildman–Crippen LogP) is 0.687. The molecule has 0 radical (unpaired) electrons. The maximum absolute atomic E-state index is 12.9. The van der Waals surface area contributed by atoms with Crippen molar-refractivity contribution in [1.82, 2.24) is 19.6 Å². The van der Waals surface area contributed by atoms with Crippen molar-refractivity contribution in [2.75, 3.05) is 6.54 Å². The monoisotopic (exact) mass is 566 g/mol. The summed E-state index contributed by atoms with van der Waals surface area (Å²) in [5, 5.41) is 14.2. The molecule has 8 nitrogen and oxygen atoms in total. The van der Waals surface area contributed by atoms with Crippen molar-refractivity contribution in [3.05, 3.63) is 71.3 Å². The van der Waals surface area contributed by atoms with Crippen LogP contribution in [0.5, 0.6) is 0 Å². The summed E-state index contributed by atoms with van der Waals surface area (Å²) in [6.07, 6.45) is 3.41. The molecule has 3 aromatic rings. The van der Waals surface area contributed by atoms with Crippen molar-refractivity contribution >= 4 is 33.3 Å². The van der Waals surface area contributed by atoms with Crippen LogP contribution in [0.4, 0.5) is 4.79 Å². The van der Waals surface area contributed by atoms with E-state index in [1.807, 2.05) is 35.8 Å². The number of carbonyl (C=O) groups excluding carboxylic acids is 1. The summed E-state index contributed by atoms with van der Waals surface area (Å²) >= 11 is 4.96. The second-order valence-electron chi connectivity index (χ2n) is 8.49. The van der Waals surface area contributed by atoms with Gasteiger partial charge in [0.05, 0.1) is 16.3 Å². The second kappa shape index (κ2) is 14.5. The molecule has 1 aromatic heterocycles. The minimum atomic E-state index is -4.08. The van der Waals surface area contributed by atoms with Gasteiger partial charge in [0.1, 0.15) is 5.82 Å². The largest absolute Gasteiger partial charge is 1.00 e. The molecular formula is C26H31KN4O4S2. The van der Waals surface area contributed by atoms with Crippen LogP contribution in [0.3, 0.4) is 0 Å². The molecule has 0 saturated heterocycles. The summed E-state index contributed by atoms with van der Waals surface area (Å²) in [7, 11) is -4.08. The molecule has 0 fully saturated rings. The van der Waals surface area contributed by atoms with Crippen LogP contribution in [0.2, 0.25) is 0 Å². The van der Waals surface area contributed by atoms with Crippen molar-refractivity contribution in [2.45, 2.75) is 57.9 Å². The Morgan fingerprint density at radius 1 is 1.08 bits per heavy atom. The van der Waals surface area contributed by atoms with E-state index in [2.05, 4.69) is 21.9 Å². The number of rotatable bonds is 11. The van der Waals surface area contributed by atoms with Crippen molar-refractivity contribution in [1.29, 1.82) is 0 Å². The van der Waals surface area contributed by atoms with Gasteiger partial charge in [-0.15, -0.1) is 0 Å². The molecule has 3 rings (SSSR count). The Hall–Kier alpha value is -1.60. The molecule has 0 aliphatic carbocycles. The fraction of sp³-hybridized carbons (Fsp3) is 0.346. The van der Waals surface area contributed by atoms with Gasteiger partial charge in [0, 0.05) is 25.1 Å². The molecule has 0 aliphatic heterocycles. The number of aromatic nitrogens is 2. The molecule has 37 heavy (non-hydrogen) atoms. The normalized spacial score (nSPS) is 11.0. The van der Waals surface area contributed by atoms with Gasteiger partial charge in [-0.2, -0.15) is 0 Å². The maximum Gasteiger partial charge on any atom is 1.00 e. The Labute approximate surface area is 266 Å². The van der Waals surface area contributed by atoms with Crippen LogP contribution in [0.25, 0.3) is 11.1 Å². The average Bonchev–Trinajstić information content (AvgIpc) is 3.16. The number of urea groups is 1. The molecule has 2 aromatic carbocycles. The Morgan fingerprint density at radius 2 is 1.76 bits per heavy atom. The first kappa shape index (κ1) is 31.6. The molecule has 11 heteroatoms. The average molecular weight is 567 g/mol. The molecule has 0 spiro atoms. The van der Waals surface area contributed by atoms with Gasteiger partial charge >= 0.3 is 57.4 Å². The molecule has 0 bridgehead atoms. The third kappa shape index (κ3) is 8.19. The molecule has 2 N–H and O–H groups in total. The number of imidazole rings is 1. The van der Waals surface area contributed by atoms with Gasteiger partial charge in [0.2, 0.25) is 0 Å². The molecule has 2 amide bonds. The van der Waals surface area contributed by atoms with Crippen LogP contribution < -0.4 is 66.5 Å². The summed E-state index contributed by atoms with van der Waals surface area (Å²) in [6.45, 7) is 6.58. The Morgan fingerprint density at radius 3 is 2.38 bits per heavy atom. The van der Waals surface area contributed by atoms with Crippen molar-refractivity contribution < 1.29 is 69.7 Å². The van der Waals surface area contributed by atoms with Crippen LogP contribution in [-0.4, -0.2) is 35.6 Å². The Bertz CT molecular complexity index is 1340. The number of thiocarbonyl (C=S) groups is 1. The number of amides is 2. The molecule has 0 atom stereocenters. The van der Waals surface area contributed by atoms with Gasteiger partial charge in [-0.3, -0.25) is 0 Å². The van der Waals surface area contributed by atoms with Gasteiger partial charge in [-0.05, 0) is 42.0 Å². The van der Waals surface area contributed by atoms with Crippen molar-refractivity contribution in [3.63, 3.8) is 0 Å². The van der Waals surface area contributed by atoms with E-state index < -0.39 is 21.1 Å². The van der Waals surface area contributed by atoms with E-state index in [9.17, 15) is 18.3 Å². The molecule has 192 valence electrons. The number of hydrogen-bond acceptors (Lipinski definition) is 6. The van der Waals surface area contributed by atoms with E-state index in [0.29, 0.717) is 42.0 Å². The quantitative estimate of drug-likeness (QED) is 0.261. The first-order chi connectivity index (χ1) is 17.2. The van der Waals surface area contributed by atoms with E-state index >= 15 is 0 Å². The first-order valence-corrected chi connectivity index (χ1v) is 13.8. The Balaban J connectivity index is 0.00000481.